The minimum atomic E-state index is -0.161. The van der Waals surface area contributed by atoms with Crippen molar-refractivity contribution in [1.29, 1.82) is 0 Å². The highest BCUT2D eigenvalue weighted by molar-refractivity contribution is 5.85. The van der Waals surface area contributed by atoms with Crippen molar-refractivity contribution in [2.24, 2.45) is 9.98 Å². The number of hydrogen-bond acceptors (Lipinski definition) is 4. The standard InChI is InChI=1S/C33H50N2O2/c1-30(2,3)24-16-22(28(36)26(18-24)32(7,8)9)20-34-14-13-15-35-21-23-17-25(31(4,5)6)19-27(29(23)37)33(10,11)12/h16-21,36-37H,13-15H2,1-12H3/b34-20+,35-21+. The van der Waals surface area contributed by atoms with Crippen molar-refractivity contribution < 1.29 is 10.2 Å². The second-order valence-electron chi connectivity index (χ2n) is 14.3. The van der Waals surface area contributed by atoms with Crippen LogP contribution in [0.25, 0.3) is 0 Å². The van der Waals surface area contributed by atoms with Gasteiger partial charge in [-0.05, 0) is 51.3 Å². The third kappa shape index (κ3) is 8.18. The Kier molecular flexibility index (Phi) is 9.11. The van der Waals surface area contributed by atoms with Gasteiger partial charge in [0, 0.05) is 47.8 Å². The first kappa shape index (κ1) is 30.6. The molecule has 2 N–H and O–H groups in total. The van der Waals surface area contributed by atoms with Gasteiger partial charge in [0.05, 0.1) is 0 Å². The molecular formula is C33H50N2O2. The van der Waals surface area contributed by atoms with Crippen molar-refractivity contribution in [2.45, 2.75) is 111 Å². The van der Waals surface area contributed by atoms with Gasteiger partial charge in [-0.3, -0.25) is 9.98 Å². The Hall–Kier alpha value is -2.62. The zero-order valence-electron chi connectivity index (χ0n) is 25.4. The highest BCUT2D eigenvalue weighted by atomic mass is 16.3. The zero-order chi connectivity index (χ0) is 28.4. The first-order valence-corrected chi connectivity index (χ1v) is 13.5. The molecule has 4 heteroatoms. The molecule has 0 saturated heterocycles. The smallest absolute Gasteiger partial charge is 0.128 e. The molecule has 0 saturated carbocycles. The quantitative estimate of drug-likeness (QED) is 0.306. The van der Waals surface area contributed by atoms with Gasteiger partial charge in [-0.1, -0.05) is 95.2 Å². The summed E-state index contributed by atoms with van der Waals surface area (Å²) in [6, 6.07) is 8.33. The third-order valence-corrected chi connectivity index (χ3v) is 6.66. The van der Waals surface area contributed by atoms with E-state index in [1.165, 1.54) is 11.1 Å². The molecule has 0 bridgehead atoms. The van der Waals surface area contributed by atoms with Crippen molar-refractivity contribution in [1.82, 2.24) is 0 Å². The van der Waals surface area contributed by atoms with Crippen LogP contribution in [0.3, 0.4) is 0 Å². The molecule has 0 heterocycles. The van der Waals surface area contributed by atoms with Crippen LogP contribution in [0.4, 0.5) is 0 Å². The summed E-state index contributed by atoms with van der Waals surface area (Å²) in [6.07, 6.45) is 4.36. The molecule has 0 aliphatic carbocycles. The summed E-state index contributed by atoms with van der Waals surface area (Å²) < 4.78 is 0. The van der Waals surface area contributed by atoms with Gasteiger partial charge < -0.3 is 10.2 Å². The lowest BCUT2D eigenvalue weighted by Crippen LogP contribution is -2.17. The van der Waals surface area contributed by atoms with Crippen LogP contribution < -0.4 is 0 Å². The molecule has 0 amide bonds. The molecule has 2 aromatic carbocycles. The molecule has 0 aromatic heterocycles. The van der Waals surface area contributed by atoms with Crippen LogP contribution in [-0.2, 0) is 21.7 Å². The van der Waals surface area contributed by atoms with Gasteiger partial charge in [0.25, 0.3) is 0 Å². The second-order valence-corrected chi connectivity index (χ2v) is 14.3. The minimum Gasteiger partial charge on any atom is -0.507 e. The third-order valence-electron chi connectivity index (χ3n) is 6.66. The van der Waals surface area contributed by atoms with Gasteiger partial charge in [-0.25, -0.2) is 0 Å². The average molecular weight is 507 g/mol. The van der Waals surface area contributed by atoms with Crippen LogP contribution in [0.5, 0.6) is 11.5 Å². The summed E-state index contributed by atoms with van der Waals surface area (Å²) in [4.78, 5) is 9.19. The van der Waals surface area contributed by atoms with E-state index in [4.69, 9.17) is 0 Å². The van der Waals surface area contributed by atoms with Crippen molar-refractivity contribution in [2.75, 3.05) is 13.1 Å². The normalized spacial score (nSPS) is 13.7. The average Bonchev–Trinajstić information content (AvgIpc) is 2.71. The maximum Gasteiger partial charge on any atom is 0.128 e. The molecule has 0 fully saturated rings. The number of hydrogen-bond donors (Lipinski definition) is 2. The van der Waals surface area contributed by atoms with E-state index in [9.17, 15) is 10.2 Å². The Labute approximate surface area is 226 Å². The highest BCUT2D eigenvalue weighted by Crippen LogP contribution is 2.38. The van der Waals surface area contributed by atoms with Crippen molar-refractivity contribution in [3.63, 3.8) is 0 Å². The summed E-state index contributed by atoms with van der Waals surface area (Å²) in [5, 5.41) is 21.9. The number of aliphatic imine (C=N–C) groups is 2. The lowest BCUT2D eigenvalue weighted by molar-refractivity contribution is 0.443. The first-order valence-electron chi connectivity index (χ1n) is 13.5. The molecule has 2 rings (SSSR count). The number of rotatable bonds is 6. The van der Waals surface area contributed by atoms with Crippen LogP contribution in [0.1, 0.15) is 123 Å². The first-order chi connectivity index (χ1) is 16.7. The topological polar surface area (TPSA) is 65.2 Å². The lowest BCUT2D eigenvalue weighted by Gasteiger charge is -2.27. The van der Waals surface area contributed by atoms with E-state index in [0.717, 1.165) is 28.7 Å². The van der Waals surface area contributed by atoms with E-state index < -0.39 is 0 Å². The van der Waals surface area contributed by atoms with Crippen molar-refractivity contribution in [3.8, 4) is 11.5 Å². The van der Waals surface area contributed by atoms with E-state index >= 15 is 0 Å². The van der Waals surface area contributed by atoms with Gasteiger partial charge in [-0.2, -0.15) is 0 Å². The maximum atomic E-state index is 10.9. The Bertz CT molecular complexity index is 1050. The monoisotopic (exact) mass is 506 g/mol. The Morgan fingerprint density at radius 1 is 0.541 bits per heavy atom. The van der Waals surface area contributed by atoms with Crippen LogP contribution >= 0.6 is 0 Å². The number of phenols is 2. The molecular weight excluding hydrogens is 456 g/mol. The predicted molar refractivity (Wildman–Crippen MR) is 161 cm³/mol. The number of aromatic hydroxyl groups is 2. The van der Waals surface area contributed by atoms with Gasteiger partial charge in [-0.15, -0.1) is 0 Å². The largest absolute Gasteiger partial charge is 0.507 e. The number of benzene rings is 2. The van der Waals surface area contributed by atoms with Gasteiger partial charge in [0.1, 0.15) is 11.5 Å². The molecule has 0 aliphatic heterocycles. The molecule has 4 nitrogen and oxygen atoms in total. The summed E-state index contributed by atoms with van der Waals surface area (Å²) in [6.45, 7) is 27.0. The van der Waals surface area contributed by atoms with Gasteiger partial charge >= 0.3 is 0 Å². The van der Waals surface area contributed by atoms with E-state index in [-0.39, 0.29) is 21.7 Å². The van der Waals surface area contributed by atoms with Crippen LogP contribution in [-0.4, -0.2) is 35.7 Å². The Morgan fingerprint density at radius 3 is 1.14 bits per heavy atom. The zero-order valence-corrected chi connectivity index (χ0v) is 25.4. The summed E-state index contributed by atoms with van der Waals surface area (Å²) >= 11 is 0. The summed E-state index contributed by atoms with van der Waals surface area (Å²) in [5.41, 5.74) is 5.43. The number of nitrogens with zero attached hydrogens (tertiary/aromatic N) is 2. The fourth-order valence-electron chi connectivity index (χ4n) is 4.10. The van der Waals surface area contributed by atoms with Gasteiger partial charge in [0.15, 0.2) is 0 Å². The molecule has 0 spiro atoms. The van der Waals surface area contributed by atoms with E-state index in [2.05, 4.69) is 105 Å². The fraction of sp³-hybridized carbons (Fsp3) is 0.576. The molecule has 0 unspecified atom stereocenters. The van der Waals surface area contributed by atoms with Crippen LogP contribution in [0.2, 0.25) is 0 Å². The van der Waals surface area contributed by atoms with Crippen molar-refractivity contribution >= 4 is 12.4 Å². The van der Waals surface area contributed by atoms with E-state index in [1.54, 1.807) is 12.4 Å². The second kappa shape index (κ2) is 11.0. The molecule has 2 aromatic rings. The highest BCUT2D eigenvalue weighted by Gasteiger charge is 2.25. The van der Waals surface area contributed by atoms with Gasteiger partial charge in [0.2, 0.25) is 0 Å². The molecule has 37 heavy (non-hydrogen) atoms. The van der Waals surface area contributed by atoms with Crippen LogP contribution in [0.15, 0.2) is 34.3 Å². The van der Waals surface area contributed by atoms with Crippen LogP contribution in [0, 0.1) is 0 Å². The molecule has 204 valence electrons. The summed E-state index contributed by atoms with van der Waals surface area (Å²) in [5.74, 6) is 0.622. The maximum absolute atomic E-state index is 10.9. The SMILES string of the molecule is CC(C)(C)c1cc(/C=N/CCC/N=C/c2cc(C(C)(C)C)cc(C(C)(C)C)c2O)c(O)c(C(C)(C)C)c1. The summed E-state index contributed by atoms with van der Waals surface area (Å²) in [7, 11) is 0. The Balaban J connectivity index is 2.16. The van der Waals surface area contributed by atoms with Crippen molar-refractivity contribution in [3.05, 3.63) is 57.6 Å². The van der Waals surface area contributed by atoms with E-state index in [0.29, 0.717) is 24.6 Å². The molecule has 0 radical (unpaired) electrons. The fourth-order valence-corrected chi connectivity index (χ4v) is 4.10. The minimum absolute atomic E-state index is 0.0201. The number of phenolic OH excluding ortho intramolecular Hbond substituents is 2. The lowest BCUT2D eigenvalue weighted by atomic mass is 9.79. The predicted octanol–water partition coefficient (Wildman–Crippen LogP) is 8.22. The molecule has 0 aliphatic rings. The van der Waals surface area contributed by atoms with E-state index in [1.807, 2.05) is 12.1 Å². The Morgan fingerprint density at radius 2 is 0.865 bits per heavy atom. The molecule has 0 atom stereocenters.